The second-order valence-corrected chi connectivity index (χ2v) is 9.88. The van der Waals surface area contributed by atoms with Crippen molar-refractivity contribution in [2.24, 2.45) is 0 Å². The third-order valence-corrected chi connectivity index (χ3v) is 6.60. The summed E-state index contributed by atoms with van der Waals surface area (Å²) in [6.45, 7) is 2.29. The molecule has 28 heavy (non-hydrogen) atoms. The van der Waals surface area contributed by atoms with Crippen LogP contribution in [0, 0.1) is 0 Å². The van der Waals surface area contributed by atoms with Crippen LogP contribution in [-0.4, -0.2) is 40.9 Å². The van der Waals surface area contributed by atoms with E-state index in [0.29, 0.717) is 5.39 Å². The Hall–Kier alpha value is -0.390. The van der Waals surface area contributed by atoms with Gasteiger partial charge in [0.1, 0.15) is 4.90 Å². The molecule has 5 heteroatoms. The minimum absolute atomic E-state index is 0.0457. The Kier molecular flexibility index (Phi) is 14.2. The predicted molar refractivity (Wildman–Crippen MR) is 121 cm³/mol. The molecular weight excluding hydrogens is 379 g/mol. The summed E-state index contributed by atoms with van der Waals surface area (Å²) >= 11 is 1.41. The van der Waals surface area contributed by atoms with E-state index in [-0.39, 0.29) is 4.90 Å². The van der Waals surface area contributed by atoms with Gasteiger partial charge in [0.25, 0.3) is 10.1 Å². The van der Waals surface area contributed by atoms with Crippen molar-refractivity contribution in [2.45, 2.75) is 86.1 Å². The maximum Gasteiger partial charge on any atom is 0.295 e. The molecule has 3 nitrogen and oxygen atoms in total. The fourth-order valence-electron chi connectivity index (χ4n) is 3.33. The minimum Gasteiger partial charge on any atom is -0.282 e. The molecule has 0 fully saturated rings. The Bertz CT molecular complexity index is 742. The van der Waals surface area contributed by atoms with E-state index in [9.17, 15) is 8.42 Å². The largest absolute Gasteiger partial charge is 0.295 e. The minimum atomic E-state index is -4.13. The summed E-state index contributed by atoms with van der Waals surface area (Å²) in [6.07, 6.45) is 16.2. The molecule has 2 aromatic carbocycles. The molecular formula is C23H35NaO3S. The number of unbranched alkanes of at least 4 members (excludes halogenated alkanes) is 10. The first-order chi connectivity index (χ1) is 13.5. The maximum atomic E-state index is 11.0. The van der Waals surface area contributed by atoms with Gasteiger partial charge in [-0.25, -0.2) is 0 Å². The molecule has 0 radical (unpaired) electrons. The Morgan fingerprint density at radius 2 is 1.25 bits per heavy atom. The quantitative estimate of drug-likeness (QED) is 0.232. The topological polar surface area (TPSA) is 54.4 Å². The third-order valence-electron chi connectivity index (χ3n) is 4.98. The van der Waals surface area contributed by atoms with Crippen molar-refractivity contribution >= 4 is 48.8 Å². The van der Waals surface area contributed by atoms with Crippen molar-refractivity contribution in [1.29, 1.82) is 0 Å². The first kappa shape index (κ1) is 25.6. The van der Waals surface area contributed by atoms with E-state index in [1.54, 1.807) is 30.3 Å². The number of hydrogen-bond acceptors (Lipinski definition) is 2. The second-order valence-electron chi connectivity index (χ2n) is 7.49. The summed E-state index contributed by atoms with van der Waals surface area (Å²) in [5.41, 5.74) is 0. The molecule has 1 N–H and O–H groups in total. The molecule has 152 valence electrons. The van der Waals surface area contributed by atoms with Crippen LogP contribution < -0.4 is 0 Å². The zero-order chi connectivity index (χ0) is 20.7. The van der Waals surface area contributed by atoms with E-state index in [1.807, 2.05) is 6.07 Å². The Labute approximate surface area is 189 Å². The van der Waals surface area contributed by atoms with E-state index in [1.165, 1.54) is 108 Å². The van der Waals surface area contributed by atoms with E-state index in [2.05, 4.69) is 6.92 Å². The number of benzene rings is 2. The molecule has 0 amide bonds. The van der Waals surface area contributed by atoms with Gasteiger partial charge in [0.15, 0.2) is 0 Å². The molecule has 2 rings (SSSR count). The molecule has 0 saturated heterocycles. The number of rotatable bonds is 12. The van der Waals surface area contributed by atoms with Crippen LogP contribution in [0.2, 0.25) is 3.67 Å². The van der Waals surface area contributed by atoms with Crippen molar-refractivity contribution < 1.29 is 13.0 Å². The Balaban J connectivity index is 0.000000280. The predicted octanol–water partition coefficient (Wildman–Crippen LogP) is 6.97. The molecule has 0 bridgehead atoms. The monoisotopic (exact) mass is 414 g/mol. The summed E-state index contributed by atoms with van der Waals surface area (Å²) in [4.78, 5) is -0.0457. The van der Waals surface area contributed by atoms with Gasteiger partial charge >= 0.3 is 102 Å². The first-order valence-electron chi connectivity index (χ1n) is 11.0. The molecule has 0 aliphatic carbocycles. The number of fused-ring (bicyclic) bond motifs is 1. The maximum absolute atomic E-state index is 11.0. The Morgan fingerprint density at radius 3 is 1.79 bits per heavy atom. The van der Waals surface area contributed by atoms with Crippen LogP contribution in [0.25, 0.3) is 10.8 Å². The molecule has 0 spiro atoms. The molecule has 0 unspecified atom stereocenters. The average molecular weight is 415 g/mol. The molecule has 2 aromatic rings. The molecule has 0 aromatic heterocycles. The zero-order valence-corrected chi connectivity index (χ0v) is 20.5. The normalized spacial score (nSPS) is 11.3. The van der Waals surface area contributed by atoms with Gasteiger partial charge in [-0.1, -0.05) is 43.3 Å². The van der Waals surface area contributed by atoms with Crippen LogP contribution in [-0.2, 0) is 10.1 Å². The zero-order valence-electron chi connectivity index (χ0n) is 17.7. The molecule has 0 atom stereocenters. The average Bonchev–Trinajstić information content (AvgIpc) is 2.69. The summed E-state index contributed by atoms with van der Waals surface area (Å²) in [7, 11) is -4.13. The van der Waals surface area contributed by atoms with Gasteiger partial charge in [-0.15, -0.1) is 0 Å². The standard InChI is InChI=1S/C13H27.C10H8O3S.Na/c1-3-5-7-9-11-13-12-10-8-6-4-2;11-14(12,13)10-7-3-5-8-4-1-2-6-9(8)10;/h1,3-13H2,2H3;1-7H,(H,11,12,13);. The van der Waals surface area contributed by atoms with E-state index in [4.69, 9.17) is 4.55 Å². The van der Waals surface area contributed by atoms with E-state index in [0.717, 1.165) is 5.39 Å². The van der Waals surface area contributed by atoms with Crippen molar-refractivity contribution in [2.75, 3.05) is 0 Å². The van der Waals surface area contributed by atoms with Crippen molar-refractivity contribution in [3.63, 3.8) is 0 Å². The molecule has 0 aliphatic rings. The number of hydrogen-bond donors (Lipinski definition) is 1. The van der Waals surface area contributed by atoms with Crippen LogP contribution in [0.5, 0.6) is 0 Å². The molecule has 0 saturated carbocycles. The van der Waals surface area contributed by atoms with Crippen LogP contribution >= 0.6 is 0 Å². The van der Waals surface area contributed by atoms with Gasteiger partial charge < -0.3 is 0 Å². The van der Waals surface area contributed by atoms with Crippen molar-refractivity contribution in [3.8, 4) is 0 Å². The molecule has 0 heterocycles. The van der Waals surface area contributed by atoms with Gasteiger partial charge in [-0.2, -0.15) is 8.42 Å². The van der Waals surface area contributed by atoms with Gasteiger partial charge in [0, 0.05) is 5.39 Å². The SMILES string of the molecule is CCCCCCCCCCCC[CH2][Na].O=S(=O)(O)c1cccc2ccccc12. The van der Waals surface area contributed by atoms with Crippen molar-refractivity contribution in [1.82, 2.24) is 0 Å². The van der Waals surface area contributed by atoms with Gasteiger partial charge in [0.2, 0.25) is 0 Å². The summed E-state index contributed by atoms with van der Waals surface area (Å²) < 4.78 is 32.5. The smallest absolute Gasteiger partial charge is 0.282 e. The van der Waals surface area contributed by atoms with Crippen LogP contribution in [0.4, 0.5) is 0 Å². The second kappa shape index (κ2) is 15.4. The Morgan fingerprint density at radius 1 is 0.750 bits per heavy atom. The van der Waals surface area contributed by atoms with Gasteiger partial charge in [-0.3, -0.25) is 4.55 Å². The van der Waals surface area contributed by atoms with E-state index < -0.39 is 10.1 Å². The van der Waals surface area contributed by atoms with Crippen molar-refractivity contribution in [3.05, 3.63) is 42.5 Å². The van der Waals surface area contributed by atoms with Crippen LogP contribution in [0.3, 0.4) is 0 Å². The van der Waals surface area contributed by atoms with Gasteiger partial charge in [-0.05, 0) is 11.5 Å². The summed E-state index contributed by atoms with van der Waals surface area (Å²) in [5, 5.41) is 1.33. The third kappa shape index (κ3) is 11.0. The molecule has 0 aliphatic heterocycles. The first-order valence-corrected chi connectivity index (χ1v) is 13.8. The fraction of sp³-hybridized carbons (Fsp3) is 0.565. The van der Waals surface area contributed by atoms with Crippen LogP contribution in [0.15, 0.2) is 47.4 Å². The van der Waals surface area contributed by atoms with Crippen LogP contribution in [0.1, 0.15) is 77.6 Å². The van der Waals surface area contributed by atoms with Gasteiger partial charge in [0.05, 0.1) is 0 Å². The van der Waals surface area contributed by atoms with E-state index >= 15 is 0 Å². The fourth-order valence-corrected chi connectivity index (χ4v) is 4.55. The summed E-state index contributed by atoms with van der Waals surface area (Å²) in [5.74, 6) is 0. The summed E-state index contributed by atoms with van der Waals surface area (Å²) in [6, 6.07) is 11.8.